The Bertz CT molecular complexity index is 1040. The van der Waals surface area contributed by atoms with Crippen LogP contribution in [0.3, 0.4) is 0 Å². The second kappa shape index (κ2) is 7.32. The molecule has 3 aromatic rings. The summed E-state index contributed by atoms with van der Waals surface area (Å²) in [7, 11) is 1.43. The fraction of sp³-hybridized carbons (Fsp3) is 0.263. The zero-order chi connectivity index (χ0) is 19.7. The van der Waals surface area contributed by atoms with E-state index in [4.69, 9.17) is 4.74 Å². The molecule has 7 nitrogen and oxygen atoms in total. The Morgan fingerprint density at radius 3 is 2.48 bits per heavy atom. The highest BCUT2D eigenvalue weighted by Crippen LogP contribution is 2.36. The lowest BCUT2D eigenvalue weighted by Crippen LogP contribution is -2.15. The van der Waals surface area contributed by atoms with Gasteiger partial charge < -0.3 is 10.1 Å². The molecule has 0 unspecified atom stereocenters. The number of nitrogens with one attached hydrogen (secondary N) is 1. The second-order valence-corrected chi connectivity index (χ2v) is 7.40. The van der Waals surface area contributed by atoms with E-state index in [0.29, 0.717) is 21.1 Å². The first-order chi connectivity index (χ1) is 12.8. The number of aryl methyl sites for hydroxylation is 3. The maximum absolute atomic E-state index is 12.5. The van der Waals surface area contributed by atoms with Gasteiger partial charge >= 0.3 is 0 Å². The number of thiazole rings is 1. The average molecular weight is 385 g/mol. The Kier molecular flexibility index (Phi) is 5.09. The fourth-order valence-corrected chi connectivity index (χ4v) is 4.04. The lowest BCUT2D eigenvalue weighted by Gasteiger charge is -2.10. The number of carbonyl (C=O) groups is 1. The van der Waals surface area contributed by atoms with Crippen LogP contribution in [0, 0.1) is 30.9 Å². The Balaban J connectivity index is 1.86. The fourth-order valence-electron chi connectivity index (χ4n) is 3.11. The second-order valence-electron chi connectivity index (χ2n) is 6.37. The van der Waals surface area contributed by atoms with E-state index in [-0.39, 0.29) is 18.0 Å². The summed E-state index contributed by atoms with van der Waals surface area (Å²) >= 11 is 1.18. The number of nitro groups is 1. The summed E-state index contributed by atoms with van der Waals surface area (Å²) in [6.45, 7) is 6.01. The molecule has 0 saturated carbocycles. The SMILES string of the molecule is COc1cc([N+](=O)[O-])cc2sc(NC(=O)Cc3c(C)cc(C)cc3C)nc12. The molecule has 1 N–H and O–H groups in total. The number of amides is 1. The van der Waals surface area contributed by atoms with Crippen molar-refractivity contribution in [3.8, 4) is 5.75 Å². The number of rotatable bonds is 5. The van der Waals surface area contributed by atoms with Crippen LogP contribution < -0.4 is 10.1 Å². The number of carbonyl (C=O) groups excluding carboxylic acids is 1. The van der Waals surface area contributed by atoms with Crippen molar-refractivity contribution in [2.75, 3.05) is 12.4 Å². The van der Waals surface area contributed by atoms with Gasteiger partial charge in [-0.25, -0.2) is 4.98 Å². The van der Waals surface area contributed by atoms with Gasteiger partial charge in [-0.15, -0.1) is 0 Å². The minimum absolute atomic E-state index is 0.0771. The molecule has 0 aliphatic carbocycles. The van der Waals surface area contributed by atoms with Gasteiger partial charge in [0.25, 0.3) is 5.69 Å². The number of fused-ring (bicyclic) bond motifs is 1. The number of ether oxygens (including phenoxy) is 1. The number of anilines is 1. The summed E-state index contributed by atoms with van der Waals surface area (Å²) in [5.74, 6) is 0.124. The third kappa shape index (κ3) is 3.90. The molecule has 1 aromatic heterocycles. The molecule has 1 amide bonds. The molecule has 3 rings (SSSR count). The van der Waals surface area contributed by atoms with E-state index in [2.05, 4.69) is 22.4 Å². The van der Waals surface area contributed by atoms with Crippen LogP contribution in [0.15, 0.2) is 24.3 Å². The van der Waals surface area contributed by atoms with Crippen molar-refractivity contribution < 1.29 is 14.5 Å². The highest BCUT2D eigenvalue weighted by Gasteiger charge is 2.18. The maximum Gasteiger partial charge on any atom is 0.274 e. The number of non-ortho nitro benzene ring substituents is 1. The Hall–Kier alpha value is -3.00. The van der Waals surface area contributed by atoms with Gasteiger partial charge in [-0.05, 0) is 37.5 Å². The van der Waals surface area contributed by atoms with Gasteiger partial charge in [0.05, 0.1) is 29.2 Å². The molecular weight excluding hydrogens is 366 g/mol. The average Bonchev–Trinajstić information content (AvgIpc) is 2.99. The van der Waals surface area contributed by atoms with Crippen molar-refractivity contribution in [3.05, 3.63) is 56.6 Å². The van der Waals surface area contributed by atoms with Gasteiger partial charge in [0.2, 0.25) is 5.91 Å². The molecule has 2 aromatic carbocycles. The van der Waals surface area contributed by atoms with Gasteiger partial charge in [0.1, 0.15) is 5.52 Å². The molecule has 8 heteroatoms. The monoisotopic (exact) mass is 385 g/mol. The van der Waals surface area contributed by atoms with Gasteiger partial charge in [0, 0.05) is 6.07 Å². The zero-order valence-corrected chi connectivity index (χ0v) is 16.3. The molecule has 0 bridgehead atoms. The molecule has 1 heterocycles. The Labute approximate surface area is 160 Å². The minimum atomic E-state index is -0.483. The first-order valence-electron chi connectivity index (χ1n) is 8.28. The highest BCUT2D eigenvalue weighted by atomic mass is 32.1. The quantitative estimate of drug-likeness (QED) is 0.521. The number of nitrogens with zero attached hydrogens (tertiary/aromatic N) is 2. The summed E-state index contributed by atoms with van der Waals surface area (Å²) in [6.07, 6.45) is 0.241. The van der Waals surface area contributed by atoms with Crippen molar-refractivity contribution in [2.45, 2.75) is 27.2 Å². The molecule has 0 radical (unpaired) electrons. The maximum atomic E-state index is 12.5. The molecule has 140 valence electrons. The molecule has 0 aliphatic heterocycles. The lowest BCUT2D eigenvalue weighted by atomic mass is 9.97. The predicted octanol–water partition coefficient (Wildman–Crippen LogP) is 4.32. The largest absolute Gasteiger partial charge is 0.494 e. The van der Waals surface area contributed by atoms with E-state index in [1.165, 1.54) is 30.6 Å². The standard InChI is InChI=1S/C19H19N3O4S/c1-10-5-11(2)14(12(3)6-10)9-17(23)20-19-21-18-15(26-4)7-13(22(24)25)8-16(18)27-19/h5-8H,9H2,1-4H3,(H,20,21,23). The number of nitro benzene ring substituents is 1. The van der Waals surface area contributed by atoms with Crippen LogP contribution in [0.4, 0.5) is 10.8 Å². The van der Waals surface area contributed by atoms with Crippen LogP contribution in [-0.4, -0.2) is 22.9 Å². The Morgan fingerprint density at radius 1 is 1.22 bits per heavy atom. The number of hydrogen-bond donors (Lipinski definition) is 1. The number of methoxy groups -OCH3 is 1. The zero-order valence-electron chi connectivity index (χ0n) is 15.5. The van der Waals surface area contributed by atoms with E-state index in [9.17, 15) is 14.9 Å². The summed E-state index contributed by atoms with van der Waals surface area (Å²) in [4.78, 5) is 27.4. The summed E-state index contributed by atoms with van der Waals surface area (Å²) in [6, 6.07) is 6.86. The minimum Gasteiger partial charge on any atom is -0.494 e. The summed E-state index contributed by atoms with van der Waals surface area (Å²) in [5.41, 5.74) is 4.72. The van der Waals surface area contributed by atoms with Crippen LogP contribution in [0.25, 0.3) is 10.2 Å². The first-order valence-corrected chi connectivity index (χ1v) is 9.09. The van der Waals surface area contributed by atoms with Crippen LogP contribution in [0.1, 0.15) is 22.3 Å². The molecule has 0 aliphatic rings. The lowest BCUT2D eigenvalue weighted by molar-refractivity contribution is -0.384. The third-order valence-electron chi connectivity index (χ3n) is 4.30. The smallest absolute Gasteiger partial charge is 0.274 e. The number of aromatic nitrogens is 1. The molecular formula is C19H19N3O4S. The van der Waals surface area contributed by atoms with Crippen molar-refractivity contribution in [2.24, 2.45) is 0 Å². The van der Waals surface area contributed by atoms with Crippen LogP contribution in [-0.2, 0) is 11.2 Å². The van der Waals surface area contributed by atoms with Crippen LogP contribution >= 0.6 is 11.3 Å². The topological polar surface area (TPSA) is 94.4 Å². The molecule has 0 atom stereocenters. The number of hydrogen-bond acceptors (Lipinski definition) is 6. The molecule has 27 heavy (non-hydrogen) atoms. The highest BCUT2D eigenvalue weighted by molar-refractivity contribution is 7.22. The van der Waals surface area contributed by atoms with Gasteiger partial charge in [-0.1, -0.05) is 29.0 Å². The van der Waals surface area contributed by atoms with Gasteiger partial charge in [-0.3, -0.25) is 14.9 Å². The summed E-state index contributed by atoms with van der Waals surface area (Å²) < 4.78 is 5.78. The number of benzene rings is 2. The van der Waals surface area contributed by atoms with Crippen molar-refractivity contribution in [1.29, 1.82) is 0 Å². The van der Waals surface area contributed by atoms with E-state index in [1.54, 1.807) is 0 Å². The van der Waals surface area contributed by atoms with Crippen molar-refractivity contribution in [1.82, 2.24) is 4.98 Å². The van der Waals surface area contributed by atoms with Crippen molar-refractivity contribution >= 4 is 38.3 Å². The molecule has 0 saturated heterocycles. The van der Waals surface area contributed by atoms with E-state index < -0.39 is 4.92 Å². The van der Waals surface area contributed by atoms with Crippen LogP contribution in [0.5, 0.6) is 5.75 Å². The van der Waals surface area contributed by atoms with Crippen molar-refractivity contribution in [3.63, 3.8) is 0 Å². The van der Waals surface area contributed by atoms with E-state index in [1.807, 2.05) is 20.8 Å². The first kappa shape index (κ1) is 18.8. The summed E-state index contributed by atoms with van der Waals surface area (Å²) in [5, 5.41) is 14.2. The van der Waals surface area contributed by atoms with E-state index in [0.717, 1.165) is 22.3 Å². The van der Waals surface area contributed by atoms with Gasteiger partial charge in [-0.2, -0.15) is 0 Å². The Morgan fingerprint density at radius 2 is 1.89 bits per heavy atom. The normalized spacial score (nSPS) is 10.8. The van der Waals surface area contributed by atoms with E-state index >= 15 is 0 Å². The molecule has 0 fully saturated rings. The third-order valence-corrected chi connectivity index (χ3v) is 5.22. The van der Waals surface area contributed by atoms with Gasteiger partial charge in [0.15, 0.2) is 10.9 Å². The predicted molar refractivity (Wildman–Crippen MR) is 106 cm³/mol. The molecule has 0 spiro atoms. The van der Waals surface area contributed by atoms with Crippen LogP contribution in [0.2, 0.25) is 0 Å².